The zero-order valence-corrected chi connectivity index (χ0v) is 13.8. The number of hydrogen-bond acceptors (Lipinski definition) is 5. The number of anilines is 1. The van der Waals surface area contributed by atoms with Crippen molar-refractivity contribution in [3.05, 3.63) is 22.8 Å². The quantitative estimate of drug-likeness (QED) is 0.764. The van der Waals surface area contributed by atoms with E-state index in [0.717, 1.165) is 42.8 Å². The second-order valence-electron chi connectivity index (χ2n) is 5.64. The number of rotatable bonds is 4. The van der Waals surface area contributed by atoms with Crippen molar-refractivity contribution in [2.24, 2.45) is 5.92 Å². The molecule has 2 fully saturated rings. The third-order valence-corrected chi connectivity index (χ3v) is 4.68. The Kier molecular flexibility index (Phi) is 4.61. The van der Waals surface area contributed by atoms with Crippen molar-refractivity contribution in [2.75, 3.05) is 31.1 Å². The van der Waals surface area contributed by atoms with Crippen molar-refractivity contribution < 1.29 is 14.3 Å². The molecule has 2 aliphatic heterocycles. The summed E-state index contributed by atoms with van der Waals surface area (Å²) in [5.74, 6) is 1.30. The van der Waals surface area contributed by atoms with Crippen LogP contribution in [0.25, 0.3) is 0 Å². The van der Waals surface area contributed by atoms with Crippen LogP contribution in [0.3, 0.4) is 0 Å². The fourth-order valence-corrected chi connectivity index (χ4v) is 3.27. The molecule has 2 amide bonds. The molecule has 1 aromatic heterocycles. The normalized spacial score (nSPS) is 19.7. The third-order valence-electron chi connectivity index (χ3n) is 4.24. The summed E-state index contributed by atoms with van der Waals surface area (Å²) in [4.78, 5) is 30.9. The van der Waals surface area contributed by atoms with Crippen LogP contribution in [0.2, 0.25) is 0 Å². The monoisotopic (exact) mass is 367 g/mol. The number of hydrogen-bond donors (Lipinski definition) is 0. The van der Waals surface area contributed by atoms with E-state index in [1.807, 2.05) is 18.2 Å². The van der Waals surface area contributed by atoms with Crippen molar-refractivity contribution >= 4 is 33.7 Å². The highest BCUT2D eigenvalue weighted by molar-refractivity contribution is 9.10. The molecule has 0 radical (unpaired) electrons. The van der Waals surface area contributed by atoms with Crippen molar-refractivity contribution in [3.8, 4) is 0 Å². The highest BCUT2D eigenvalue weighted by atomic mass is 79.9. The number of ether oxygens (including phenoxy) is 1. The fourth-order valence-electron chi connectivity index (χ4n) is 2.93. The van der Waals surface area contributed by atoms with Crippen molar-refractivity contribution in [1.29, 1.82) is 0 Å². The van der Waals surface area contributed by atoms with Gasteiger partial charge < -0.3 is 9.64 Å². The van der Waals surface area contributed by atoms with Crippen LogP contribution < -0.4 is 4.90 Å². The van der Waals surface area contributed by atoms with Gasteiger partial charge in [-0.25, -0.2) is 14.7 Å². The maximum Gasteiger partial charge on any atom is 0.417 e. The van der Waals surface area contributed by atoms with Gasteiger partial charge in [0.15, 0.2) is 6.61 Å². The summed E-state index contributed by atoms with van der Waals surface area (Å²) in [5.41, 5.74) is 0. The first kappa shape index (κ1) is 15.3. The Balaban J connectivity index is 1.48. The molecule has 3 heterocycles. The summed E-state index contributed by atoms with van der Waals surface area (Å²) in [5, 5.41) is 0. The van der Waals surface area contributed by atoms with Crippen LogP contribution in [-0.2, 0) is 9.53 Å². The molecular formula is C15H18BrN3O3. The number of halogens is 1. The summed E-state index contributed by atoms with van der Waals surface area (Å²) < 4.78 is 5.57. The second-order valence-corrected chi connectivity index (χ2v) is 6.45. The zero-order chi connectivity index (χ0) is 15.5. The van der Waals surface area contributed by atoms with E-state index in [9.17, 15) is 9.59 Å². The molecule has 7 heteroatoms. The molecule has 0 N–H and O–H groups in total. The first-order valence-corrected chi connectivity index (χ1v) is 8.27. The van der Waals surface area contributed by atoms with Gasteiger partial charge in [-0.1, -0.05) is 6.07 Å². The number of carbonyl (C=O) groups excluding carboxylic acids is 2. The van der Waals surface area contributed by atoms with Crippen molar-refractivity contribution in [1.82, 2.24) is 9.88 Å². The standard InChI is InChI=1S/C15H18BrN3O3/c16-12-2-1-3-13(17-12)18-7-4-11(5-8-18)6-9-19-14(20)10-22-15(19)21/h1-3,11H,4-10H2. The maximum absolute atomic E-state index is 11.5. The predicted octanol–water partition coefficient (Wildman–Crippen LogP) is 2.43. The third kappa shape index (κ3) is 3.40. The minimum Gasteiger partial charge on any atom is -0.439 e. The first-order valence-electron chi connectivity index (χ1n) is 7.48. The molecule has 0 unspecified atom stereocenters. The Bertz CT molecular complexity index is 557. The summed E-state index contributed by atoms with van der Waals surface area (Å²) in [6.45, 7) is 2.27. The van der Waals surface area contributed by atoms with Gasteiger partial charge in [0.1, 0.15) is 10.4 Å². The van der Waals surface area contributed by atoms with Crippen LogP contribution in [0.15, 0.2) is 22.8 Å². The van der Waals surface area contributed by atoms with E-state index in [-0.39, 0.29) is 12.5 Å². The highest BCUT2D eigenvalue weighted by Crippen LogP contribution is 2.25. The van der Waals surface area contributed by atoms with Crippen LogP contribution in [0.1, 0.15) is 19.3 Å². The predicted molar refractivity (Wildman–Crippen MR) is 84.6 cm³/mol. The Labute approximate surface area is 137 Å². The van der Waals surface area contributed by atoms with Crippen LogP contribution in [0.4, 0.5) is 10.6 Å². The van der Waals surface area contributed by atoms with Crippen LogP contribution >= 0.6 is 15.9 Å². The number of cyclic esters (lactones) is 1. The summed E-state index contributed by atoms with van der Waals surface area (Å²) in [6.07, 6.45) is 2.44. The number of aromatic nitrogens is 1. The van der Waals surface area contributed by atoms with E-state index in [1.165, 1.54) is 4.90 Å². The van der Waals surface area contributed by atoms with Gasteiger partial charge in [-0.2, -0.15) is 0 Å². The SMILES string of the molecule is O=C1COC(=O)N1CCC1CCN(c2cccc(Br)n2)CC1. The van der Waals surface area contributed by atoms with E-state index < -0.39 is 6.09 Å². The van der Waals surface area contributed by atoms with Crippen molar-refractivity contribution in [3.63, 3.8) is 0 Å². The van der Waals surface area contributed by atoms with E-state index in [1.54, 1.807) is 0 Å². The number of carbonyl (C=O) groups is 2. The first-order chi connectivity index (χ1) is 10.6. The van der Waals surface area contributed by atoms with Crippen LogP contribution in [0, 0.1) is 5.92 Å². The number of pyridine rings is 1. The Morgan fingerprint density at radius 3 is 2.68 bits per heavy atom. The number of amides is 2. The van der Waals surface area contributed by atoms with Gasteiger partial charge in [0.25, 0.3) is 5.91 Å². The molecule has 2 aliphatic rings. The molecule has 22 heavy (non-hydrogen) atoms. The molecule has 0 aliphatic carbocycles. The van der Waals surface area contributed by atoms with Crippen LogP contribution in [0.5, 0.6) is 0 Å². The topological polar surface area (TPSA) is 62.7 Å². The zero-order valence-electron chi connectivity index (χ0n) is 12.2. The minimum absolute atomic E-state index is 0.105. The number of piperidine rings is 1. The number of nitrogens with zero attached hydrogens (tertiary/aromatic N) is 3. The van der Waals surface area contributed by atoms with Gasteiger partial charge in [-0.05, 0) is 53.2 Å². The van der Waals surface area contributed by atoms with Gasteiger partial charge in [-0.15, -0.1) is 0 Å². The van der Waals surface area contributed by atoms with E-state index in [0.29, 0.717) is 12.5 Å². The van der Waals surface area contributed by atoms with Gasteiger partial charge in [-0.3, -0.25) is 4.79 Å². The molecular weight excluding hydrogens is 350 g/mol. The lowest BCUT2D eigenvalue weighted by atomic mass is 9.93. The lowest BCUT2D eigenvalue weighted by Gasteiger charge is -2.33. The van der Waals surface area contributed by atoms with E-state index in [4.69, 9.17) is 4.74 Å². The van der Waals surface area contributed by atoms with E-state index in [2.05, 4.69) is 25.8 Å². The fraction of sp³-hybridized carbons (Fsp3) is 0.533. The van der Waals surface area contributed by atoms with Gasteiger partial charge in [0.2, 0.25) is 0 Å². The maximum atomic E-state index is 11.5. The molecule has 118 valence electrons. The number of imide groups is 1. The lowest BCUT2D eigenvalue weighted by molar-refractivity contribution is -0.126. The Morgan fingerprint density at radius 2 is 2.05 bits per heavy atom. The summed E-state index contributed by atoms with van der Waals surface area (Å²) in [6, 6.07) is 5.93. The Morgan fingerprint density at radius 1 is 1.27 bits per heavy atom. The average Bonchev–Trinajstić information content (AvgIpc) is 2.84. The molecule has 0 atom stereocenters. The van der Waals surface area contributed by atoms with Gasteiger partial charge >= 0.3 is 6.09 Å². The smallest absolute Gasteiger partial charge is 0.417 e. The molecule has 1 aromatic rings. The van der Waals surface area contributed by atoms with Gasteiger partial charge in [0.05, 0.1) is 0 Å². The molecule has 2 saturated heterocycles. The molecule has 0 aromatic carbocycles. The molecule has 6 nitrogen and oxygen atoms in total. The molecule has 0 spiro atoms. The Hall–Kier alpha value is -1.63. The molecule has 3 rings (SSSR count). The molecule has 0 saturated carbocycles. The summed E-state index contributed by atoms with van der Waals surface area (Å²) in [7, 11) is 0. The molecule has 0 bridgehead atoms. The van der Waals surface area contributed by atoms with E-state index >= 15 is 0 Å². The largest absolute Gasteiger partial charge is 0.439 e. The second kappa shape index (κ2) is 6.64. The van der Waals surface area contributed by atoms with Crippen LogP contribution in [-0.4, -0.2) is 48.1 Å². The minimum atomic E-state index is -0.499. The average molecular weight is 368 g/mol. The highest BCUT2D eigenvalue weighted by Gasteiger charge is 2.31. The summed E-state index contributed by atoms with van der Waals surface area (Å²) >= 11 is 3.40. The lowest BCUT2D eigenvalue weighted by Crippen LogP contribution is -2.36. The van der Waals surface area contributed by atoms with Gasteiger partial charge in [0, 0.05) is 19.6 Å². The van der Waals surface area contributed by atoms with Crippen molar-refractivity contribution in [2.45, 2.75) is 19.3 Å².